The van der Waals surface area contributed by atoms with Crippen LogP contribution in [-0.4, -0.2) is 32.0 Å². The maximum Gasteiger partial charge on any atom is 0.296 e. The van der Waals surface area contributed by atoms with Gasteiger partial charge < -0.3 is 9.47 Å². The van der Waals surface area contributed by atoms with Crippen molar-refractivity contribution >= 4 is 60.4 Å². The molecule has 0 saturated heterocycles. The average Bonchev–Trinajstić information content (AvgIpc) is 3.34. The largest absolute Gasteiger partial charge is 0.496 e. The Morgan fingerprint density at radius 2 is 1.86 bits per heavy atom. The molecule has 0 aliphatic carbocycles. The van der Waals surface area contributed by atoms with Gasteiger partial charge in [-0.2, -0.15) is 0 Å². The highest BCUT2D eigenvalue weighted by molar-refractivity contribution is 14.1. The van der Waals surface area contributed by atoms with Crippen LogP contribution < -0.4 is 14.8 Å². The molecular weight excluding hydrogens is 615 g/mol. The number of carbonyl (C=O) groups excluding carboxylic acids is 2. The van der Waals surface area contributed by atoms with Crippen molar-refractivity contribution in [3.8, 4) is 22.1 Å². The third kappa shape index (κ3) is 6.77. The molecule has 0 saturated carbocycles. The van der Waals surface area contributed by atoms with Gasteiger partial charge in [0, 0.05) is 34.5 Å². The van der Waals surface area contributed by atoms with Crippen molar-refractivity contribution in [3.63, 3.8) is 0 Å². The molecule has 2 aromatic carbocycles. The third-order valence-corrected chi connectivity index (χ3v) is 6.63. The van der Waals surface area contributed by atoms with Crippen LogP contribution in [0.3, 0.4) is 0 Å². The molecule has 0 fully saturated rings. The number of hydrogen-bond acceptors (Lipinski definition) is 8. The number of rotatable bonds is 10. The van der Waals surface area contributed by atoms with Gasteiger partial charge in [0.2, 0.25) is 5.13 Å². The minimum atomic E-state index is -0.402. The fourth-order valence-electron chi connectivity index (χ4n) is 3.34. The number of methoxy groups -OCH3 is 1. The minimum absolute atomic E-state index is 0.0421. The molecule has 36 heavy (non-hydrogen) atoms. The number of anilines is 1. The van der Waals surface area contributed by atoms with Crippen LogP contribution in [-0.2, 0) is 17.8 Å². The summed E-state index contributed by atoms with van der Waals surface area (Å²) in [6, 6.07) is 16.5. The lowest BCUT2D eigenvalue weighted by atomic mass is 9.98. The van der Waals surface area contributed by atoms with Crippen LogP contribution in [0.4, 0.5) is 5.13 Å². The van der Waals surface area contributed by atoms with Crippen molar-refractivity contribution in [3.05, 3.63) is 82.6 Å². The number of halogens is 2. The lowest BCUT2D eigenvalue weighted by Crippen LogP contribution is -2.14. The highest BCUT2D eigenvalue weighted by Gasteiger charge is 2.19. The topological polar surface area (TPSA) is 103 Å². The Bertz CT molecular complexity index is 1380. The van der Waals surface area contributed by atoms with E-state index < -0.39 is 5.91 Å². The first kappa shape index (κ1) is 26.0. The van der Waals surface area contributed by atoms with Gasteiger partial charge in [-0.05, 0) is 70.2 Å². The predicted molar refractivity (Wildman–Crippen MR) is 147 cm³/mol. The minimum Gasteiger partial charge on any atom is -0.496 e. The van der Waals surface area contributed by atoms with E-state index >= 15 is 0 Å². The number of aromatic nitrogens is 3. The van der Waals surface area contributed by atoms with Crippen LogP contribution in [0.5, 0.6) is 10.9 Å². The average molecular weight is 635 g/mol. The molecule has 4 rings (SSSR count). The van der Waals surface area contributed by atoms with E-state index in [9.17, 15) is 9.59 Å². The molecule has 0 aliphatic heterocycles. The molecule has 1 amide bonds. The lowest BCUT2D eigenvalue weighted by molar-refractivity contribution is -0.109. The highest BCUT2D eigenvalue weighted by Crippen LogP contribution is 2.33. The maximum absolute atomic E-state index is 13.2. The van der Waals surface area contributed by atoms with Crippen LogP contribution >= 0.6 is 45.5 Å². The number of nitrogens with zero attached hydrogens (tertiary/aromatic N) is 3. The van der Waals surface area contributed by atoms with Crippen molar-refractivity contribution in [2.75, 3.05) is 12.4 Å². The summed E-state index contributed by atoms with van der Waals surface area (Å²) >= 11 is 8.79. The molecular formula is C25H20ClIN4O4S. The second-order valence-corrected chi connectivity index (χ2v) is 10.1. The summed E-state index contributed by atoms with van der Waals surface area (Å²) in [5, 5.41) is 12.0. The van der Waals surface area contributed by atoms with Crippen molar-refractivity contribution in [1.29, 1.82) is 0 Å². The number of ether oxygens (including phenoxy) is 2. The Labute approximate surface area is 230 Å². The van der Waals surface area contributed by atoms with E-state index in [0.29, 0.717) is 52.2 Å². The van der Waals surface area contributed by atoms with Gasteiger partial charge in [-0.15, -0.1) is 5.10 Å². The van der Waals surface area contributed by atoms with Gasteiger partial charge in [0.1, 0.15) is 12.4 Å². The molecule has 0 spiro atoms. The molecule has 0 unspecified atom stereocenters. The van der Waals surface area contributed by atoms with Gasteiger partial charge in [0.05, 0.1) is 12.7 Å². The number of aryl methyl sites for hydroxylation is 1. The number of nitrogens with one attached hydrogen (secondary N) is 1. The second-order valence-electron chi connectivity index (χ2n) is 7.52. The second kappa shape index (κ2) is 12.2. The molecule has 1 N–H and O–H groups in total. The number of pyridine rings is 1. The summed E-state index contributed by atoms with van der Waals surface area (Å²) in [4.78, 5) is 29.1. The third-order valence-electron chi connectivity index (χ3n) is 5.08. The smallest absolute Gasteiger partial charge is 0.296 e. The molecule has 0 radical (unpaired) electrons. The summed E-state index contributed by atoms with van der Waals surface area (Å²) in [7, 11) is 1.57. The highest BCUT2D eigenvalue weighted by atomic mass is 127. The zero-order valence-electron chi connectivity index (χ0n) is 19.0. The quantitative estimate of drug-likeness (QED) is 0.169. The first-order valence-electron chi connectivity index (χ1n) is 10.8. The molecule has 184 valence electrons. The number of benzene rings is 2. The van der Waals surface area contributed by atoms with Gasteiger partial charge in [0.15, 0.2) is 3.79 Å². The number of hydrogen-bond donors (Lipinski definition) is 1. The van der Waals surface area contributed by atoms with Crippen LogP contribution in [0.15, 0.2) is 60.8 Å². The van der Waals surface area contributed by atoms with E-state index in [-0.39, 0.29) is 8.92 Å². The summed E-state index contributed by atoms with van der Waals surface area (Å²) in [5.41, 5.74) is 3.34. The lowest BCUT2D eigenvalue weighted by Gasteiger charge is -2.13. The van der Waals surface area contributed by atoms with E-state index in [2.05, 4.69) is 20.5 Å². The molecule has 11 heteroatoms. The Morgan fingerprint density at radius 3 is 2.61 bits per heavy atom. The van der Waals surface area contributed by atoms with E-state index in [1.807, 2.05) is 42.5 Å². The van der Waals surface area contributed by atoms with Gasteiger partial charge >= 0.3 is 0 Å². The Kier molecular flexibility index (Phi) is 8.83. The van der Waals surface area contributed by atoms with E-state index in [0.717, 1.165) is 22.5 Å². The van der Waals surface area contributed by atoms with Crippen LogP contribution in [0.1, 0.15) is 28.0 Å². The Morgan fingerprint density at radius 1 is 1.08 bits per heavy atom. The molecule has 2 heterocycles. The maximum atomic E-state index is 13.2. The van der Waals surface area contributed by atoms with E-state index in [4.69, 9.17) is 21.1 Å². The molecule has 0 aliphatic rings. The number of para-hydroxylation sites is 1. The zero-order chi connectivity index (χ0) is 25.5. The van der Waals surface area contributed by atoms with Crippen LogP contribution in [0, 0.1) is 0 Å². The van der Waals surface area contributed by atoms with Gasteiger partial charge in [-0.25, -0.2) is 0 Å². The molecule has 8 nitrogen and oxygen atoms in total. The summed E-state index contributed by atoms with van der Waals surface area (Å²) in [6.07, 6.45) is 2.33. The van der Waals surface area contributed by atoms with Crippen LogP contribution in [0.2, 0.25) is 5.02 Å². The predicted octanol–water partition coefficient (Wildman–Crippen LogP) is 5.99. The van der Waals surface area contributed by atoms with Gasteiger partial charge in [0.25, 0.3) is 11.1 Å². The Balaban J connectivity index is 1.54. The SMILES string of the molecule is COc1ccccc1-c1cc(CCC(=O)I)ncc1C(=O)Nc1nnc(OCc2ccc(Cl)cc2)s1. The first-order chi connectivity index (χ1) is 17.4. The first-order valence-corrected chi connectivity index (χ1v) is 13.0. The molecule has 2 aromatic heterocycles. The van der Waals surface area contributed by atoms with Crippen molar-refractivity contribution in [1.82, 2.24) is 15.2 Å². The zero-order valence-corrected chi connectivity index (χ0v) is 22.8. The molecule has 0 atom stereocenters. The number of amides is 1. The van der Waals surface area contributed by atoms with E-state index in [1.54, 1.807) is 41.8 Å². The van der Waals surface area contributed by atoms with Crippen molar-refractivity contribution in [2.24, 2.45) is 0 Å². The molecule has 0 bridgehead atoms. The van der Waals surface area contributed by atoms with Crippen molar-refractivity contribution in [2.45, 2.75) is 19.4 Å². The summed E-state index contributed by atoms with van der Waals surface area (Å²) in [5.74, 6) is 0.211. The van der Waals surface area contributed by atoms with E-state index in [1.165, 1.54) is 6.20 Å². The standard InChI is InChI=1S/C25H20ClIN4O4S/c1-34-21-5-3-2-4-18(21)19-12-17(10-11-22(27)32)28-13-20(19)23(33)29-24-30-31-25(36-24)35-14-15-6-8-16(26)9-7-15/h2-9,12-13H,10-11,14H2,1H3,(H,29,30,33). The fourth-order valence-corrected chi connectivity index (χ4v) is 4.33. The summed E-state index contributed by atoms with van der Waals surface area (Å²) in [6.45, 7) is 0.294. The van der Waals surface area contributed by atoms with Gasteiger partial charge in [-0.1, -0.05) is 47.0 Å². The van der Waals surface area contributed by atoms with Crippen LogP contribution in [0.25, 0.3) is 11.1 Å². The van der Waals surface area contributed by atoms with Gasteiger partial charge in [-0.3, -0.25) is 19.9 Å². The Hall–Kier alpha value is -3.09. The monoisotopic (exact) mass is 634 g/mol. The summed E-state index contributed by atoms with van der Waals surface area (Å²) < 4.78 is 11.2. The normalized spacial score (nSPS) is 10.6. The van der Waals surface area contributed by atoms with Crippen molar-refractivity contribution < 1.29 is 19.1 Å². The fraction of sp³-hybridized carbons (Fsp3) is 0.160. The number of carbonyl (C=O) groups is 2. The molecule has 4 aromatic rings.